The summed E-state index contributed by atoms with van der Waals surface area (Å²) in [6.45, 7) is 10.9. The molecule has 1 heterocycles. The van der Waals surface area contributed by atoms with Gasteiger partial charge in [-0.25, -0.2) is 0 Å². The van der Waals surface area contributed by atoms with Gasteiger partial charge in [-0.1, -0.05) is 6.42 Å². The number of rotatable bonds is 0. The van der Waals surface area contributed by atoms with Crippen LogP contribution in [0.3, 0.4) is 0 Å². The van der Waals surface area contributed by atoms with E-state index in [9.17, 15) is 0 Å². The Hall–Kier alpha value is -0.680. The van der Waals surface area contributed by atoms with Gasteiger partial charge in [0, 0.05) is 37.8 Å². The first kappa shape index (κ1) is 9.41. The molecular weight excluding hydrogens is 148 g/mol. The summed E-state index contributed by atoms with van der Waals surface area (Å²) in [6, 6.07) is 2.68. The summed E-state index contributed by atoms with van der Waals surface area (Å²) >= 11 is 0. The Morgan fingerprint density at radius 3 is 1.92 bits per heavy atom. The lowest BCUT2D eigenvalue weighted by Gasteiger charge is -2.41. The average Bonchev–Trinajstić information content (AvgIpc) is 2.03. The van der Waals surface area contributed by atoms with E-state index in [1.54, 1.807) is 0 Å². The van der Waals surface area contributed by atoms with E-state index < -0.39 is 0 Å². The zero-order chi connectivity index (χ0) is 9.19. The van der Waals surface area contributed by atoms with Crippen LogP contribution in [0.2, 0.25) is 0 Å². The summed E-state index contributed by atoms with van der Waals surface area (Å²) in [6.07, 6.45) is 5.32. The van der Waals surface area contributed by atoms with Crippen molar-refractivity contribution in [3.8, 4) is 12.5 Å². The summed E-state index contributed by atoms with van der Waals surface area (Å²) < 4.78 is 0. The first-order valence-corrected chi connectivity index (χ1v) is 4.50. The molecule has 12 heavy (non-hydrogen) atoms. The second-order valence-corrected chi connectivity index (χ2v) is 4.27. The zero-order valence-electron chi connectivity index (χ0n) is 8.30. The van der Waals surface area contributed by atoms with Gasteiger partial charge >= 0.3 is 0 Å². The monoisotopic (exact) mass is 166 g/mol. The Bertz CT molecular complexity index is 177. The Morgan fingerprint density at radius 2 is 1.58 bits per heavy atom. The molecule has 0 aromatic heterocycles. The van der Waals surface area contributed by atoms with Crippen LogP contribution in [0.5, 0.6) is 0 Å². The Labute approximate surface area is 75.5 Å². The van der Waals surface area contributed by atoms with Crippen LogP contribution in [-0.2, 0) is 0 Å². The van der Waals surface area contributed by atoms with E-state index in [1.165, 1.54) is 0 Å². The highest BCUT2D eigenvalue weighted by Gasteiger charge is 2.24. The molecule has 1 saturated heterocycles. The number of hydrogen-bond acceptors (Lipinski definition) is 2. The third-order valence-electron chi connectivity index (χ3n) is 2.41. The lowest BCUT2D eigenvalue weighted by atomic mass is 10.1. The van der Waals surface area contributed by atoms with Gasteiger partial charge in [0.15, 0.2) is 0 Å². The van der Waals surface area contributed by atoms with Crippen LogP contribution in [0.4, 0.5) is 0 Å². The molecule has 1 aliphatic rings. The van der Waals surface area contributed by atoms with Crippen LogP contribution in [0.25, 0.3) is 0 Å². The van der Waals surface area contributed by atoms with Crippen LogP contribution >= 0.6 is 0 Å². The second kappa shape index (κ2) is 3.37. The van der Waals surface area contributed by atoms with Gasteiger partial charge in [0.05, 0.1) is 0 Å². The molecule has 68 valence electrons. The first-order chi connectivity index (χ1) is 5.54. The van der Waals surface area contributed by atoms with Gasteiger partial charge in [-0.05, 0) is 20.8 Å². The predicted octanol–water partition coefficient (Wildman–Crippen LogP) is 0.993. The zero-order valence-corrected chi connectivity index (χ0v) is 8.30. The molecular formula is C10H18N2. The molecule has 0 spiro atoms. The van der Waals surface area contributed by atoms with E-state index in [0.29, 0.717) is 5.54 Å². The highest BCUT2D eigenvalue weighted by atomic mass is 15.3. The van der Waals surface area contributed by atoms with Crippen molar-refractivity contribution < 1.29 is 0 Å². The number of piperazine rings is 1. The molecule has 0 atom stereocenters. The number of hydrogen-bond donors (Lipinski definition) is 0. The normalized spacial score (nSPS) is 20.7. The number of nitrogens with zero attached hydrogens (tertiary/aromatic N) is 2. The standard InChI is InChI=1S/C10H18N2/c1-5-11-6-8-12(9-7-11)10(2,3)4/h1H,6-9H2,2-4H3. The van der Waals surface area contributed by atoms with E-state index in [1.807, 2.05) is 4.90 Å². The summed E-state index contributed by atoms with van der Waals surface area (Å²) in [4.78, 5) is 4.52. The maximum Gasteiger partial charge on any atom is 0.0388 e. The van der Waals surface area contributed by atoms with Gasteiger partial charge in [-0.2, -0.15) is 0 Å². The van der Waals surface area contributed by atoms with Crippen molar-refractivity contribution in [1.82, 2.24) is 9.80 Å². The topological polar surface area (TPSA) is 6.48 Å². The average molecular weight is 166 g/mol. The van der Waals surface area contributed by atoms with E-state index >= 15 is 0 Å². The van der Waals surface area contributed by atoms with Crippen LogP contribution in [0.1, 0.15) is 20.8 Å². The minimum atomic E-state index is 0.292. The summed E-state index contributed by atoms with van der Waals surface area (Å²) in [5.74, 6) is 0. The van der Waals surface area contributed by atoms with Crippen molar-refractivity contribution in [2.24, 2.45) is 0 Å². The van der Waals surface area contributed by atoms with Gasteiger partial charge in [0.2, 0.25) is 0 Å². The molecule has 0 aliphatic carbocycles. The molecule has 1 fully saturated rings. The van der Waals surface area contributed by atoms with E-state index in [2.05, 4.69) is 31.7 Å². The molecule has 0 aromatic rings. The molecule has 1 rings (SSSR count). The Kier molecular flexibility index (Phi) is 2.64. The van der Waals surface area contributed by atoms with E-state index in [4.69, 9.17) is 6.42 Å². The third kappa shape index (κ3) is 2.15. The SMILES string of the molecule is C#CN1CCN(C(C)(C)C)CC1. The van der Waals surface area contributed by atoms with Crippen molar-refractivity contribution in [1.29, 1.82) is 0 Å². The van der Waals surface area contributed by atoms with Gasteiger partial charge < -0.3 is 4.90 Å². The smallest absolute Gasteiger partial charge is 0.0388 e. The first-order valence-electron chi connectivity index (χ1n) is 4.50. The van der Waals surface area contributed by atoms with Crippen LogP contribution < -0.4 is 0 Å². The van der Waals surface area contributed by atoms with Gasteiger partial charge in [0.25, 0.3) is 0 Å². The summed E-state index contributed by atoms with van der Waals surface area (Å²) in [5, 5.41) is 0. The maximum atomic E-state index is 5.32. The molecule has 0 N–H and O–H groups in total. The fraction of sp³-hybridized carbons (Fsp3) is 0.800. The Morgan fingerprint density at radius 1 is 1.08 bits per heavy atom. The van der Waals surface area contributed by atoms with E-state index in [0.717, 1.165) is 26.2 Å². The van der Waals surface area contributed by atoms with Gasteiger partial charge in [-0.3, -0.25) is 4.90 Å². The highest BCUT2D eigenvalue weighted by Crippen LogP contribution is 2.14. The second-order valence-electron chi connectivity index (χ2n) is 4.27. The summed E-state index contributed by atoms with van der Waals surface area (Å²) in [7, 11) is 0. The lowest BCUT2D eigenvalue weighted by Crippen LogP contribution is -2.52. The molecule has 0 unspecified atom stereocenters. The fourth-order valence-corrected chi connectivity index (χ4v) is 1.51. The van der Waals surface area contributed by atoms with Crippen LogP contribution in [-0.4, -0.2) is 41.5 Å². The predicted molar refractivity (Wildman–Crippen MR) is 51.7 cm³/mol. The molecule has 0 amide bonds. The van der Waals surface area contributed by atoms with Gasteiger partial charge in [0.1, 0.15) is 0 Å². The van der Waals surface area contributed by atoms with E-state index in [-0.39, 0.29) is 0 Å². The van der Waals surface area contributed by atoms with Gasteiger partial charge in [-0.15, -0.1) is 0 Å². The van der Waals surface area contributed by atoms with Crippen LogP contribution in [0, 0.1) is 12.5 Å². The Balaban J connectivity index is 2.42. The fourth-order valence-electron chi connectivity index (χ4n) is 1.51. The lowest BCUT2D eigenvalue weighted by molar-refractivity contribution is 0.0849. The molecule has 0 bridgehead atoms. The maximum absolute atomic E-state index is 5.32. The largest absolute Gasteiger partial charge is 0.330 e. The molecule has 2 heteroatoms. The quantitative estimate of drug-likeness (QED) is 0.495. The minimum Gasteiger partial charge on any atom is -0.330 e. The van der Waals surface area contributed by atoms with Crippen molar-refractivity contribution in [3.05, 3.63) is 0 Å². The molecule has 2 nitrogen and oxygen atoms in total. The minimum absolute atomic E-state index is 0.292. The number of terminal acetylenes is 1. The van der Waals surface area contributed by atoms with Crippen molar-refractivity contribution in [3.63, 3.8) is 0 Å². The summed E-state index contributed by atoms with van der Waals surface area (Å²) in [5.41, 5.74) is 0.292. The molecule has 0 radical (unpaired) electrons. The molecule has 1 aliphatic heterocycles. The highest BCUT2D eigenvalue weighted by molar-refractivity contribution is 4.91. The van der Waals surface area contributed by atoms with Crippen molar-refractivity contribution >= 4 is 0 Å². The molecule has 0 aromatic carbocycles. The van der Waals surface area contributed by atoms with Crippen molar-refractivity contribution in [2.75, 3.05) is 26.2 Å². The third-order valence-corrected chi connectivity index (χ3v) is 2.41. The van der Waals surface area contributed by atoms with Crippen molar-refractivity contribution in [2.45, 2.75) is 26.3 Å². The van der Waals surface area contributed by atoms with Crippen LogP contribution in [0.15, 0.2) is 0 Å². The molecule has 0 saturated carbocycles.